The summed E-state index contributed by atoms with van der Waals surface area (Å²) in [4.78, 5) is 43.6. The number of carboxylic acids is 2. The number of pyridine rings is 3. The molecule has 0 saturated carbocycles. The first-order chi connectivity index (χ1) is 59.6. The molecule has 1 aliphatic rings. The van der Waals surface area contributed by atoms with Crippen LogP contribution in [-0.2, 0) is 26.0 Å². The average Bonchev–Trinajstić information content (AvgIpc) is 1.60. The van der Waals surface area contributed by atoms with E-state index in [0.29, 0.717) is 17.9 Å². The average molecular weight is 1810 g/mol. The van der Waals surface area contributed by atoms with E-state index in [-0.39, 0.29) is 30.6 Å². The first-order valence-electron chi connectivity index (χ1n) is 43.1. The fraction of sp³-hybridized carbons (Fsp3) is 0.340. The normalized spacial score (nSPS) is 11.0. The molecule has 1 aliphatic heterocycles. The van der Waals surface area contributed by atoms with E-state index in [9.17, 15) is 9.59 Å². The second-order valence-corrected chi connectivity index (χ2v) is 32.9. The van der Waals surface area contributed by atoms with Gasteiger partial charge in [-0.25, -0.2) is 14.6 Å². The quantitative estimate of drug-likeness (QED) is 0.0158. The number of fused-ring (bicyclic) bond motifs is 1. The maximum absolute atomic E-state index is 10.8. The fourth-order valence-corrected chi connectivity index (χ4v) is 16.1. The van der Waals surface area contributed by atoms with Gasteiger partial charge in [-0.3, -0.25) is 14.9 Å². The van der Waals surface area contributed by atoms with E-state index in [4.69, 9.17) is 45.0 Å². The van der Waals surface area contributed by atoms with Crippen molar-refractivity contribution in [2.45, 2.75) is 202 Å². The number of thiocarbonyl (C=S) groups is 2. The molecule has 0 aliphatic carbocycles. The minimum absolute atomic E-state index is 0. The number of ether oxygens (including phenoxy) is 4. The maximum Gasteiger partial charge on any atom is 2.00 e. The molecule has 0 bridgehead atoms. The Morgan fingerprint density at radius 3 is 1.08 bits per heavy atom. The van der Waals surface area contributed by atoms with E-state index < -0.39 is 11.9 Å². The van der Waals surface area contributed by atoms with Crippen molar-refractivity contribution in [1.29, 1.82) is 0 Å². The first kappa shape index (κ1) is 98.1. The minimum Gasteiger partial charge on any atom is -0.753 e. The predicted molar refractivity (Wildman–Crippen MR) is 513 cm³/mol. The predicted octanol–water partition coefficient (Wildman–Crippen LogP) is 29.3. The fourth-order valence-electron chi connectivity index (χ4n) is 14.1. The van der Waals surface area contributed by atoms with Gasteiger partial charge in [-0.05, 0) is 218 Å². The number of carboxylic acid groups (broad SMARTS) is 2. The third kappa shape index (κ3) is 32.3. The van der Waals surface area contributed by atoms with Crippen LogP contribution in [0.1, 0.15) is 251 Å². The van der Waals surface area contributed by atoms with Crippen molar-refractivity contribution in [2.24, 2.45) is 0 Å². The van der Waals surface area contributed by atoms with Crippen LogP contribution < -0.4 is 28.7 Å². The number of isothiocyanates is 2. The summed E-state index contributed by atoms with van der Waals surface area (Å²) in [5, 5.41) is 34.6. The van der Waals surface area contributed by atoms with Crippen molar-refractivity contribution in [1.82, 2.24) is 15.0 Å². The summed E-state index contributed by atoms with van der Waals surface area (Å²) in [6.07, 6.45) is 39.0. The van der Waals surface area contributed by atoms with Gasteiger partial charge in [0.1, 0.15) is 28.8 Å². The Bertz CT molecular complexity index is 4940. The smallest absolute Gasteiger partial charge is 0.753 e. The monoisotopic (exact) mass is 1810 g/mol. The van der Waals surface area contributed by atoms with Crippen LogP contribution in [0.15, 0.2) is 213 Å². The van der Waals surface area contributed by atoms with Gasteiger partial charge in [0, 0.05) is 55.8 Å². The molecule has 0 atom stereocenters. The van der Waals surface area contributed by atoms with Crippen molar-refractivity contribution in [2.75, 3.05) is 36.2 Å². The number of aromatic nitrogens is 3. The van der Waals surface area contributed by atoms with E-state index in [1.165, 1.54) is 196 Å². The summed E-state index contributed by atoms with van der Waals surface area (Å²) < 4.78 is 25.3. The van der Waals surface area contributed by atoms with Crippen molar-refractivity contribution in [3.8, 4) is 55.3 Å². The molecule has 0 amide bonds. The van der Waals surface area contributed by atoms with Crippen LogP contribution in [0.4, 0.5) is 17.2 Å². The molecule has 15 nitrogen and oxygen atoms in total. The Labute approximate surface area is 760 Å². The van der Waals surface area contributed by atoms with Gasteiger partial charge in [-0.2, -0.15) is 10.3 Å². The number of thiophene rings is 2. The summed E-state index contributed by atoms with van der Waals surface area (Å²) in [6, 6.07) is 67.4. The van der Waals surface area contributed by atoms with Gasteiger partial charge in [0.15, 0.2) is 0 Å². The van der Waals surface area contributed by atoms with Crippen LogP contribution in [0.3, 0.4) is 0 Å². The standard InChI is InChI=1S/C89H107N3O4S2.C12H8N2O4.2CNS.Ru/c1-7-11-15-19-23-27-57-93-75-43-35-71(36-44-75)81(72-37-45-76(46-38-72)94-58-28-24-20-16-12-8-2)62-79-51-53-87(97-79)83-64-85-86(92(89-61-69(6)55-56-90-89)67-91(85)66-70-33-31-68(5)32-34-70)65-84(83)88-54-52-80(98-88)63-82(73-39-47-77(48-40-73)95-59-29-25-21-17-13-9-3)74-41-49-78(50-42-74)96-60-30-26-22-18-14-10-4;15-11(16)7-1-3-13-9(5-7)10-6-8(12(17)18)2-4-14-10;2*2-1-3;/h31-56,61-65H,7-30,57-60,66H2,1-6H3;1-6H,(H,15,16)(H,17,18);;;/q;;2*-1;+2. The van der Waals surface area contributed by atoms with Crippen LogP contribution in [0.5, 0.6) is 23.0 Å². The molecule has 12 rings (SSSR count). The largest absolute Gasteiger partial charge is 2.00 e. The molecule has 0 saturated heterocycles. The second kappa shape index (κ2) is 55.0. The topological polar surface area (TPSA) is 201 Å². The molecular formula is C103H115N7O8RuS4. The molecule has 6 aromatic carbocycles. The molecule has 2 N–H and O–H groups in total. The molecule has 5 aromatic heterocycles. The number of unbranched alkanes of at least 4 members (excludes halogenated alkanes) is 20. The molecule has 123 heavy (non-hydrogen) atoms. The Hall–Kier alpha value is -10.4. The second-order valence-electron chi connectivity index (χ2n) is 30.3. The van der Waals surface area contributed by atoms with E-state index in [2.05, 4.69) is 274 Å². The molecule has 0 unspecified atom stereocenters. The van der Waals surface area contributed by atoms with Gasteiger partial charge < -0.3 is 44.9 Å². The summed E-state index contributed by atoms with van der Waals surface area (Å²) in [6.45, 7) is 20.8. The number of hydrogen-bond acceptors (Lipinski definition) is 15. The van der Waals surface area contributed by atoms with Crippen LogP contribution in [-0.4, -0.2) is 73.9 Å². The number of carbonyl (C=O) groups is 2. The molecular weight excluding hydrogens is 1690 g/mol. The van der Waals surface area contributed by atoms with Gasteiger partial charge in [-0.15, -0.1) is 22.7 Å². The molecule has 6 heterocycles. The third-order valence-electron chi connectivity index (χ3n) is 20.8. The molecule has 642 valence electrons. The van der Waals surface area contributed by atoms with Crippen molar-refractivity contribution >= 4 is 110 Å². The number of hydrogen-bond donors (Lipinski definition) is 2. The zero-order valence-corrected chi connectivity index (χ0v) is 76.8. The van der Waals surface area contributed by atoms with E-state index in [1.54, 1.807) is 0 Å². The van der Waals surface area contributed by atoms with Gasteiger partial charge in [-0.1, -0.05) is 259 Å². The summed E-state index contributed by atoms with van der Waals surface area (Å²) >= 11 is 11.0. The van der Waals surface area contributed by atoms with Crippen LogP contribution in [0.25, 0.3) is 66.4 Å². The summed E-state index contributed by atoms with van der Waals surface area (Å²) in [5.74, 6) is 2.31. The molecule has 0 fully saturated rings. The summed E-state index contributed by atoms with van der Waals surface area (Å²) in [5.41, 5.74) is 15.6. The third-order valence-corrected chi connectivity index (χ3v) is 23.0. The van der Waals surface area contributed by atoms with Crippen molar-refractivity contribution in [3.63, 3.8) is 0 Å². The Kier molecular flexibility index (Phi) is 43.8. The minimum atomic E-state index is -1.08. The molecule has 2 radical (unpaired) electrons. The van der Waals surface area contributed by atoms with Crippen molar-refractivity contribution < 1.29 is 58.2 Å². The van der Waals surface area contributed by atoms with Crippen LogP contribution in [0, 0.1) is 20.5 Å². The molecule has 11 aromatic rings. The number of anilines is 3. The first-order valence-corrected chi connectivity index (χ1v) is 45.6. The number of rotatable bonds is 46. The van der Waals surface area contributed by atoms with E-state index in [1.807, 2.05) is 28.9 Å². The van der Waals surface area contributed by atoms with Crippen molar-refractivity contribution in [3.05, 3.63) is 290 Å². The van der Waals surface area contributed by atoms with E-state index >= 15 is 0 Å². The van der Waals surface area contributed by atoms with Gasteiger partial charge in [0.05, 0.1) is 60.3 Å². The van der Waals surface area contributed by atoms with Gasteiger partial charge in [0.2, 0.25) is 6.67 Å². The Morgan fingerprint density at radius 1 is 0.407 bits per heavy atom. The van der Waals surface area contributed by atoms with Gasteiger partial charge in [0.25, 0.3) is 0 Å². The van der Waals surface area contributed by atoms with Crippen LogP contribution >= 0.6 is 47.1 Å². The number of aryl methyl sites for hydroxylation is 2. The number of nitrogens with zero attached hydrogens (tertiary/aromatic N) is 7. The Morgan fingerprint density at radius 2 is 0.740 bits per heavy atom. The summed E-state index contributed by atoms with van der Waals surface area (Å²) in [7, 11) is 0. The van der Waals surface area contributed by atoms with Gasteiger partial charge >= 0.3 is 31.4 Å². The number of aromatic carboxylic acids is 2. The van der Waals surface area contributed by atoms with Crippen LogP contribution in [0.2, 0.25) is 0 Å². The SMILES string of the molecule is CCCCCCCCOc1ccc(C(=Cc2ccc(-c3cc4c(cc3-c3ccc(C=C(c5ccc(OCCCCCCCC)cc5)c5ccc(OCCCCCCCC)cc5)s3)N(c3cc(C)ccn3)[C]N4Cc3ccc(C)cc3)s2)c2ccc(OCCCCCCCC)cc2)cc1.O=C(O)c1ccnc(-c2cc(C(=O)O)ccn2)c1.[N-]=C=S.[N-]=C=S.[Ru+2]. The number of benzene rings is 6. The zero-order chi connectivity index (χ0) is 86.5. The molecule has 20 heteroatoms. The Balaban J connectivity index is 0.000000649. The molecule has 0 spiro atoms. The maximum atomic E-state index is 10.8. The van der Waals surface area contributed by atoms with E-state index in [0.717, 1.165) is 152 Å². The zero-order valence-electron chi connectivity index (χ0n) is 71.8.